The molecule has 0 N–H and O–H groups in total. The van der Waals surface area contributed by atoms with E-state index in [0.29, 0.717) is 28.9 Å². The van der Waals surface area contributed by atoms with Crippen molar-refractivity contribution in [1.82, 2.24) is 8.87 Å². The van der Waals surface area contributed by atoms with Crippen LogP contribution in [0.25, 0.3) is 10.2 Å². The monoisotopic (exact) mass is 589 g/mol. The molecule has 1 heterocycles. The minimum absolute atomic E-state index is 0.0972. The fourth-order valence-electron chi connectivity index (χ4n) is 4.05. The van der Waals surface area contributed by atoms with Crippen molar-refractivity contribution in [3.05, 3.63) is 58.4 Å². The highest BCUT2D eigenvalue weighted by Crippen LogP contribution is 2.22. The Hall–Kier alpha value is -3.35. The molecule has 0 saturated carbocycles. The number of fused-ring (bicyclic) bond motifs is 1. The first-order valence-corrected chi connectivity index (χ1v) is 15.2. The molecule has 0 bridgehead atoms. The molecule has 0 saturated heterocycles. The first-order chi connectivity index (χ1) is 18.9. The lowest BCUT2D eigenvalue weighted by Crippen LogP contribution is -2.37. The number of hydrogen-bond donors (Lipinski definition) is 0. The van der Waals surface area contributed by atoms with Gasteiger partial charge in [0.15, 0.2) is 4.80 Å². The molecule has 10 nitrogen and oxygen atoms in total. The van der Waals surface area contributed by atoms with Crippen LogP contribution in [0.3, 0.4) is 0 Å². The van der Waals surface area contributed by atoms with E-state index >= 15 is 0 Å². The third-order valence-electron chi connectivity index (χ3n) is 5.77. The standard InChI is InChI=1S/C28H35N3O7S2/c1-7-38-25(32)17-31-23-13-10-21(27(34)37-6)14-24(23)39-28(31)29-26(33)20-8-11-22(12-9-20)40(35,36)30(15-18(2)3)16-19(4)5/h8-14,18-19H,7,15-17H2,1-6H3. The number of carbonyl (C=O) groups is 3. The smallest absolute Gasteiger partial charge is 0.337 e. The second-order valence-corrected chi connectivity index (χ2v) is 12.9. The van der Waals surface area contributed by atoms with Gasteiger partial charge in [0.1, 0.15) is 6.54 Å². The highest BCUT2D eigenvalue weighted by atomic mass is 32.2. The van der Waals surface area contributed by atoms with E-state index in [0.717, 1.165) is 11.3 Å². The van der Waals surface area contributed by atoms with Crippen LogP contribution in [0.2, 0.25) is 0 Å². The fourth-order valence-corrected chi connectivity index (χ4v) is 6.88. The molecular formula is C28H35N3O7S2. The van der Waals surface area contributed by atoms with Crippen molar-refractivity contribution in [2.45, 2.75) is 46.1 Å². The van der Waals surface area contributed by atoms with Crippen LogP contribution < -0.4 is 4.80 Å². The van der Waals surface area contributed by atoms with Gasteiger partial charge in [-0.3, -0.25) is 9.59 Å². The van der Waals surface area contributed by atoms with E-state index in [9.17, 15) is 22.8 Å². The van der Waals surface area contributed by atoms with Gasteiger partial charge in [-0.05, 0) is 61.2 Å². The lowest BCUT2D eigenvalue weighted by molar-refractivity contribution is -0.143. The minimum atomic E-state index is -3.75. The Kier molecular flexibility index (Phi) is 10.4. The fraction of sp³-hybridized carbons (Fsp3) is 0.429. The van der Waals surface area contributed by atoms with Gasteiger partial charge in [-0.1, -0.05) is 39.0 Å². The van der Waals surface area contributed by atoms with Crippen LogP contribution in [0.1, 0.15) is 55.3 Å². The number of carbonyl (C=O) groups excluding carboxylic acids is 3. The SMILES string of the molecule is CCOC(=O)Cn1c(=NC(=O)c2ccc(S(=O)(=O)N(CC(C)C)CC(C)C)cc2)sc2cc(C(=O)OC)ccc21. The zero-order valence-corrected chi connectivity index (χ0v) is 25.2. The summed E-state index contributed by atoms with van der Waals surface area (Å²) in [5.74, 6) is -1.33. The molecule has 0 fully saturated rings. The molecule has 12 heteroatoms. The topological polar surface area (TPSA) is 124 Å². The average Bonchev–Trinajstić information content (AvgIpc) is 3.23. The van der Waals surface area contributed by atoms with Crippen molar-refractivity contribution >= 4 is 49.4 Å². The van der Waals surface area contributed by atoms with Crippen LogP contribution in [-0.4, -0.2) is 61.9 Å². The van der Waals surface area contributed by atoms with E-state index in [1.54, 1.807) is 29.7 Å². The van der Waals surface area contributed by atoms with Gasteiger partial charge >= 0.3 is 11.9 Å². The maximum atomic E-state index is 13.3. The summed E-state index contributed by atoms with van der Waals surface area (Å²) in [7, 11) is -2.47. The van der Waals surface area contributed by atoms with Crippen LogP contribution in [0.4, 0.5) is 0 Å². The number of esters is 2. The summed E-state index contributed by atoms with van der Waals surface area (Å²) in [6.07, 6.45) is 0. The Morgan fingerprint density at radius 1 is 0.975 bits per heavy atom. The highest BCUT2D eigenvalue weighted by molar-refractivity contribution is 7.89. The molecule has 3 aromatic rings. The summed E-state index contributed by atoms with van der Waals surface area (Å²) in [5, 5.41) is 0. The van der Waals surface area contributed by atoms with Crippen LogP contribution in [0.5, 0.6) is 0 Å². The molecule has 40 heavy (non-hydrogen) atoms. The zero-order chi connectivity index (χ0) is 29.6. The first kappa shape index (κ1) is 31.2. The van der Waals surface area contributed by atoms with Crippen LogP contribution >= 0.6 is 11.3 Å². The molecule has 0 aliphatic carbocycles. The zero-order valence-electron chi connectivity index (χ0n) is 23.5. The van der Waals surface area contributed by atoms with Gasteiger partial charge in [0.25, 0.3) is 5.91 Å². The minimum Gasteiger partial charge on any atom is -0.465 e. The number of methoxy groups -OCH3 is 1. The summed E-state index contributed by atoms with van der Waals surface area (Å²) in [6.45, 7) is 10.3. The van der Waals surface area contributed by atoms with Gasteiger partial charge in [0.05, 0.1) is 34.4 Å². The Morgan fingerprint density at radius 3 is 2.12 bits per heavy atom. The first-order valence-electron chi connectivity index (χ1n) is 12.9. The van der Waals surface area contributed by atoms with Gasteiger partial charge in [-0.2, -0.15) is 9.30 Å². The largest absolute Gasteiger partial charge is 0.465 e. The number of nitrogens with zero attached hydrogens (tertiary/aromatic N) is 3. The molecule has 0 aliphatic heterocycles. The lowest BCUT2D eigenvalue weighted by Gasteiger charge is -2.25. The molecule has 0 aliphatic rings. The molecule has 1 amide bonds. The molecule has 0 spiro atoms. The predicted octanol–water partition coefficient (Wildman–Crippen LogP) is 4.10. The van der Waals surface area contributed by atoms with E-state index in [1.807, 2.05) is 27.7 Å². The second kappa shape index (κ2) is 13.3. The van der Waals surface area contributed by atoms with E-state index < -0.39 is 27.9 Å². The molecule has 2 aromatic carbocycles. The third kappa shape index (κ3) is 7.43. The molecule has 1 aromatic heterocycles. The second-order valence-electron chi connectivity index (χ2n) is 10.0. The van der Waals surface area contributed by atoms with Gasteiger partial charge < -0.3 is 14.0 Å². The molecular weight excluding hydrogens is 554 g/mol. The Morgan fingerprint density at radius 2 is 1.57 bits per heavy atom. The number of ether oxygens (including phenoxy) is 2. The number of amides is 1. The van der Waals surface area contributed by atoms with Crippen molar-refractivity contribution in [3.63, 3.8) is 0 Å². The average molecular weight is 590 g/mol. The molecule has 0 unspecified atom stereocenters. The normalized spacial score (nSPS) is 12.5. The number of benzene rings is 2. The maximum Gasteiger partial charge on any atom is 0.337 e. The van der Waals surface area contributed by atoms with Gasteiger partial charge in [0, 0.05) is 18.7 Å². The van der Waals surface area contributed by atoms with Crippen molar-refractivity contribution in [2.24, 2.45) is 16.8 Å². The summed E-state index contributed by atoms with van der Waals surface area (Å²) in [6, 6.07) is 10.5. The number of aromatic nitrogens is 1. The number of rotatable bonds is 11. The maximum absolute atomic E-state index is 13.3. The summed E-state index contributed by atoms with van der Waals surface area (Å²) < 4.78 is 40.1. The Balaban J connectivity index is 2.00. The molecule has 0 atom stereocenters. The number of sulfonamides is 1. The highest BCUT2D eigenvalue weighted by Gasteiger charge is 2.26. The van der Waals surface area contributed by atoms with Crippen LogP contribution in [0.15, 0.2) is 52.4 Å². The van der Waals surface area contributed by atoms with Crippen LogP contribution in [0, 0.1) is 11.8 Å². The van der Waals surface area contributed by atoms with E-state index in [4.69, 9.17) is 9.47 Å². The quantitative estimate of drug-likeness (QED) is 0.309. The lowest BCUT2D eigenvalue weighted by atomic mass is 10.2. The van der Waals surface area contributed by atoms with E-state index in [-0.39, 0.29) is 40.2 Å². The number of hydrogen-bond acceptors (Lipinski definition) is 8. The van der Waals surface area contributed by atoms with Gasteiger partial charge in [0.2, 0.25) is 10.0 Å². The molecule has 216 valence electrons. The summed E-state index contributed by atoms with van der Waals surface area (Å²) in [5.41, 5.74) is 1.10. The Labute approximate surface area is 238 Å². The van der Waals surface area contributed by atoms with E-state index in [2.05, 4.69) is 4.99 Å². The molecule has 0 radical (unpaired) electrons. The predicted molar refractivity (Wildman–Crippen MR) is 153 cm³/mol. The van der Waals surface area contributed by atoms with E-state index in [1.165, 1.54) is 35.7 Å². The van der Waals surface area contributed by atoms with Crippen molar-refractivity contribution < 1.29 is 32.3 Å². The van der Waals surface area contributed by atoms with Gasteiger partial charge in [-0.25, -0.2) is 13.2 Å². The summed E-state index contributed by atoms with van der Waals surface area (Å²) in [4.78, 5) is 42.0. The Bertz CT molecular complexity index is 1540. The third-order valence-corrected chi connectivity index (χ3v) is 8.66. The van der Waals surface area contributed by atoms with Crippen molar-refractivity contribution in [1.29, 1.82) is 0 Å². The number of thiazole rings is 1. The van der Waals surface area contributed by atoms with Gasteiger partial charge in [-0.15, -0.1) is 0 Å². The van der Waals surface area contributed by atoms with Crippen molar-refractivity contribution in [3.8, 4) is 0 Å². The summed E-state index contributed by atoms with van der Waals surface area (Å²) >= 11 is 1.13. The molecule has 3 rings (SSSR count). The van der Waals surface area contributed by atoms with Crippen LogP contribution in [-0.2, 0) is 30.8 Å². The van der Waals surface area contributed by atoms with Crippen molar-refractivity contribution in [2.75, 3.05) is 26.8 Å².